The van der Waals surface area contributed by atoms with Crippen LogP contribution in [0, 0.1) is 18.8 Å². The number of halogens is 1. The van der Waals surface area contributed by atoms with Crippen molar-refractivity contribution in [2.24, 2.45) is 11.8 Å². The summed E-state index contributed by atoms with van der Waals surface area (Å²) in [5.41, 5.74) is 1.57. The van der Waals surface area contributed by atoms with Crippen molar-refractivity contribution in [3.05, 3.63) is 33.8 Å². The van der Waals surface area contributed by atoms with Gasteiger partial charge in [-0.2, -0.15) is 0 Å². The molecule has 0 bridgehead atoms. The number of hydrogen-bond donors (Lipinski definition) is 2. The molecule has 0 aromatic heterocycles. The number of hydrogen-bond acceptors (Lipinski definition) is 3. The van der Waals surface area contributed by atoms with E-state index in [9.17, 15) is 14.7 Å². The third-order valence-corrected chi connectivity index (χ3v) is 4.92. The number of carbonyl (C=O) groups is 2. The summed E-state index contributed by atoms with van der Waals surface area (Å²) in [5.74, 6) is -1.63. The quantitative estimate of drug-likeness (QED) is 0.836. The number of aryl methyl sites for hydroxylation is 1. The zero-order valence-corrected chi connectivity index (χ0v) is 14.1. The average molecular weight is 370 g/mol. The summed E-state index contributed by atoms with van der Waals surface area (Å²) < 4.78 is 6.12. The van der Waals surface area contributed by atoms with Gasteiger partial charge in [-0.05, 0) is 43.4 Å². The first-order chi connectivity index (χ1) is 10.5. The Bertz CT molecular complexity index is 555. The number of nitrogens with one attached hydrogen (secondary N) is 1. The smallest absolute Gasteiger partial charge is 0.308 e. The van der Waals surface area contributed by atoms with Gasteiger partial charge in [-0.15, -0.1) is 0 Å². The number of aliphatic carboxylic acids is 1. The van der Waals surface area contributed by atoms with Crippen LogP contribution in [0.4, 0.5) is 0 Å². The summed E-state index contributed by atoms with van der Waals surface area (Å²) in [4.78, 5) is 23.6. The molecule has 1 aliphatic rings. The summed E-state index contributed by atoms with van der Waals surface area (Å²) in [6.45, 7) is 3.27. The SMILES string of the molecule is Cc1ccc(C(=O)NCC(C(=O)O)C2CCOCC2)cc1Br. The Morgan fingerprint density at radius 2 is 2.09 bits per heavy atom. The van der Waals surface area contributed by atoms with Crippen LogP contribution in [0.5, 0.6) is 0 Å². The van der Waals surface area contributed by atoms with Gasteiger partial charge in [0, 0.05) is 29.8 Å². The molecule has 2 rings (SSSR count). The molecule has 0 spiro atoms. The van der Waals surface area contributed by atoms with Gasteiger partial charge in [-0.3, -0.25) is 9.59 Å². The normalized spacial score (nSPS) is 17.0. The minimum absolute atomic E-state index is 0.0521. The second-order valence-electron chi connectivity index (χ2n) is 5.57. The molecule has 120 valence electrons. The Morgan fingerprint density at radius 3 is 2.68 bits per heavy atom. The van der Waals surface area contributed by atoms with E-state index >= 15 is 0 Å². The molecule has 2 N–H and O–H groups in total. The summed E-state index contributed by atoms with van der Waals surface area (Å²) >= 11 is 3.39. The van der Waals surface area contributed by atoms with E-state index in [4.69, 9.17) is 4.74 Å². The highest BCUT2D eigenvalue weighted by atomic mass is 79.9. The first-order valence-corrected chi connectivity index (χ1v) is 8.13. The standard InChI is InChI=1S/C16H20BrNO4/c1-10-2-3-12(8-14(10)17)15(19)18-9-13(16(20)21)11-4-6-22-7-5-11/h2-3,8,11,13H,4-7,9H2,1H3,(H,18,19)(H,20,21). The van der Waals surface area contributed by atoms with Crippen molar-refractivity contribution in [2.75, 3.05) is 19.8 Å². The lowest BCUT2D eigenvalue weighted by Crippen LogP contribution is -2.39. The summed E-state index contributed by atoms with van der Waals surface area (Å²) in [6, 6.07) is 5.33. The molecular formula is C16H20BrNO4. The first-order valence-electron chi connectivity index (χ1n) is 7.34. The lowest BCUT2D eigenvalue weighted by molar-refractivity contribution is -0.144. The van der Waals surface area contributed by atoms with Crippen LogP contribution < -0.4 is 5.32 Å². The maximum absolute atomic E-state index is 12.2. The number of carboxylic acids is 1. The molecule has 0 saturated carbocycles. The maximum atomic E-state index is 12.2. The van der Waals surface area contributed by atoms with Gasteiger partial charge in [0.25, 0.3) is 5.91 Å². The molecule has 1 aromatic carbocycles. The van der Waals surface area contributed by atoms with Crippen LogP contribution in [0.15, 0.2) is 22.7 Å². The van der Waals surface area contributed by atoms with E-state index in [2.05, 4.69) is 21.2 Å². The summed E-state index contributed by atoms with van der Waals surface area (Å²) in [5, 5.41) is 12.1. The molecule has 0 aliphatic carbocycles. The van der Waals surface area contributed by atoms with Crippen LogP contribution in [0.2, 0.25) is 0 Å². The molecule has 1 saturated heterocycles. The monoisotopic (exact) mass is 369 g/mol. The zero-order valence-electron chi connectivity index (χ0n) is 12.5. The van der Waals surface area contributed by atoms with E-state index < -0.39 is 11.9 Å². The second kappa shape index (κ2) is 7.74. The Kier molecular flexibility index (Phi) is 5.97. The van der Waals surface area contributed by atoms with Crippen molar-refractivity contribution in [3.63, 3.8) is 0 Å². The van der Waals surface area contributed by atoms with E-state index in [1.54, 1.807) is 12.1 Å². The van der Waals surface area contributed by atoms with E-state index in [0.29, 0.717) is 18.8 Å². The zero-order chi connectivity index (χ0) is 16.1. The first kappa shape index (κ1) is 17.0. The molecule has 1 aliphatic heterocycles. The Morgan fingerprint density at radius 1 is 1.41 bits per heavy atom. The van der Waals surface area contributed by atoms with Crippen LogP contribution in [-0.4, -0.2) is 36.7 Å². The lowest BCUT2D eigenvalue weighted by Gasteiger charge is -2.27. The van der Waals surface area contributed by atoms with Gasteiger partial charge in [0.2, 0.25) is 0 Å². The van der Waals surface area contributed by atoms with Crippen LogP contribution >= 0.6 is 15.9 Å². The van der Waals surface area contributed by atoms with Crippen molar-refractivity contribution in [1.82, 2.24) is 5.32 Å². The number of carbonyl (C=O) groups excluding carboxylic acids is 1. The van der Waals surface area contributed by atoms with Crippen molar-refractivity contribution in [2.45, 2.75) is 19.8 Å². The van der Waals surface area contributed by atoms with E-state index in [0.717, 1.165) is 22.9 Å². The van der Waals surface area contributed by atoms with Gasteiger partial charge in [0.15, 0.2) is 0 Å². The average Bonchev–Trinajstić information content (AvgIpc) is 2.50. The van der Waals surface area contributed by atoms with E-state index in [1.165, 1.54) is 0 Å². The molecule has 1 atom stereocenters. The van der Waals surface area contributed by atoms with Crippen molar-refractivity contribution in [1.29, 1.82) is 0 Å². The molecule has 1 heterocycles. The summed E-state index contributed by atoms with van der Waals surface area (Å²) in [7, 11) is 0. The van der Waals surface area contributed by atoms with Gasteiger partial charge < -0.3 is 15.2 Å². The van der Waals surface area contributed by atoms with Crippen LogP contribution in [-0.2, 0) is 9.53 Å². The van der Waals surface area contributed by atoms with Gasteiger partial charge in [0.1, 0.15) is 0 Å². The molecule has 22 heavy (non-hydrogen) atoms. The third kappa shape index (κ3) is 4.30. The molecule has 1 fully saturated rings. The van der Waals surface area contributed by atoms with Gasteiger partial charge in [-0.1, -0.05) is 22.0 Å². The van der Waals surface area contributed by atoms with Crippen molar-refractivity contribution < 1.29 is 19.4 Å². The van der Waals surface area contributed by atoms with Gasteiger partial charge in [-0.25, -0.2) is 0 Å². The Balaban J connectivity index is 1.97. The highest BCUT2D eigenvalue weighted by Gasteiger charge is 2.30. The maximum Gasteiger partial charge on any atom is 0.308 e. The van der Waals surface area contributed by atoms with Gasteiger partial charge >= 0.3 is 5.97 Å². The fourth-order valence-corrected chi connectivity index (χ4v) is 2.99. The van der Waals surface area contributed by atoms with Crippen molar-refractivity contribution in [3.8, 4) is 0 Å². The molecular weight excluding hydrogens is 350 g/mol. The number of rotatable bonds is 5. The van der Waals surface area contributed by atoms with Crippen LogP contribution in [0.25, 0.3) is 0 Å². The molecule has 1 unspecified atom stereocenters. The molecule has 1 amide bonds. The Labute approximate surface area is 138 Å². The fraction of sp³-hybridized carbons (Fsp3) is 0.500. The molecule has 0 radical (unpaired) electrons. The second-order valence-corrected chi connectivity index (χ2v) is 6.42. The van der Waals surface area contributed by atoms with E-state index in [-0.39, 0.29) is 18.4 Å². The summed E-state index contributed by atoms with van der Waals surface area (Å²) in [6.07, 6.45) is 1.45. The number of ether oxygens (including phenoxy) is 1. The van der Waals surface area contributed by atoms with Gasteiger partial charge in [0.05, 0.1) is 5.92 Å². The highest BCUT2D eigenvalue weighted by Crippen LogP contribution is 2.24. The third-order valence-electron chi connectivity index (χ3n) is 4.07. The number of carboxylic acid groups (broad SMARTS) is 1. The van der Waals surface area contributed by atoms with Crippen molar-refractivity contribution >= 4 is 27.8 Å². The van der Waals surface area contributed by atoms with Crippen LogP contribution in [0.1, 0.15) is 28.8 Å². The Hall–Kier alpha value is -1.40. The minimum Gasteiger partial charge on any atom is -0.481 e. The molecule has 1 aromatic rings. The van der Waals surface area contributed by atoms with E-state index in [1.807, 2.05) is 13.0 Å². The number of benzene rings is 1. The van der Waals surface area contributed by atoms with Crippen LogP contribution in [0.3, 0.4) is 0 Å². The lowest BCUT2D eigenvalue weighted by atomic mass is 9.86. The fourth-order valence-electron chi connectivity index (χ4n) is 2.61. The highest BCUT2D eigenvalue weighted by molar-refractivity contribution is 9.10. The molecule has 6 heteroatoms. The molecule has 5 nitrogen and oxygen atoms in total. The minimum atomic E-state index is -0.864. The predicted octanol–water partition coefficient (Wildman–Crippen LogP) is 2.61. The largest absolute Gasteiger partial charge is 0.481 e. The number of amides is 1. The predicted molar refractivity (Wildman–Crippen MR) is 85.9 cm³/mol. The topological polar surface area (TPSA) is 75.6 Å².